The second kappa shape index (κ2) is 5.04. The van der Waals surface area contributed by atoms with Crippen molar-refractivity contribution in [3.05, 3.63) is 33.8 Å². The Labute approximate surface area is 116 Å². The lowest BCUT2D eigenvalue weighted by molar-refractivity contribution is -0.125. The fourth-order valence-corrected chi connectivity index (χ4v) is 3.57. The molecule has 96 valence electrons. The Morgan fingerprint density at radius 2 is 1.89 bits per heavy atom. The van der Waals surface area contributed by atoms with Crippen LogP contribution in [-0.4, -0.2) is 11.9 Å². The Morgan fingerprint density at radius 3 is 2.67 bits per heavy atom. The summed E-state index contributed by atoms with van der Waals surface area (Å²) >= 11 is 3.49. The van der Waals surface area contributed by atoms with E-state index in [1.54, 1.807) is 0 Å². The molecule has 1 atom stereocenters. The van der Waals surface area contributed by atoms with E-state index >= 15 is 0 Å². The van der Waals surface area contributed by atoms with Gasteiger partial charge in [-0.1, -0.05) is 34.8 Å². The number of rotatable bonds is 2. The molecule has 0 aromatic heterocycles. The Kier molecular flexibility index (Phi) is 3.42. The smallest absolute Gasteiger partial charge is 0.223 e. The maximum absolute atomic E-state index is 12.2. The van der Waals surface area contributed by atoms with Crippen molar-refractivity contribution >= 4 is 21.8 Å². The SMILES string of the molecule is O=C(NC1CCCC1)C1Cc2ccc(Br)cc2C1. The molecule has 1 fully saturated rings. The minimum Gasteiger partial charge on any atom is -0.353 e. The second-order valence-electron chi connectivity index (χ2n) is 5.51. The highest BCUT2D eigenvalue weighted by atomic mass is 79.9. The number of carbonyl (C=O) groups excluding carboxylic acids is 1. The van der Waals surface area contributed by atoms with Crippen molar-refractivity contribution in [2.24, 2.45) is 5.92 Å². The highest BCUT2D eigenvalue weighted by molar-refractivity contribution is 9.10. The molecule has 0 bridgehead atoms. The third-order valence-electron chi connectivity index (χ3n) is 4.17. The average Bonchev–Trinajstić information content (AvgIpc) is 2.96. The van der Waals surface area contributed by atoms with Gasteiger partial charge in [-0.3, -0.25) is 4.79 Å². The number of benzene rings is 1. The average molecular weight is 308 g/mol. The fraction of sp³-hybridized carbons (Fsp3) is 0.533. The summed E-state index contributed by atoms with van der Waals surface area (Å²) in [6.07, 6.45) is 6.66. The highest BCUT2D eigenvalue weighted by Gasteiger charge is 2.29. The van der Waals surface area contributed by atoms with Gasteiger partial charge in [-0.2, -0.15) is 0 Å². The van der Waals surface area contributed by atoms with Crippen LogP contribution in [0.4, 0.5) is 0 Å². The lowest BCUT2D eigenvalue weighted by Crippen LogP contribution is -2.37. The molecule has 2 nitrogen and oxygen atoms in total. The molecule has 0 aliphatic heterocycles. The van der Waals surface area contributed by atoms with Crippen LogP contribution in [0.1, 0.15) is 36.8 Å². The molecule has 1 aromatic rings. The van der Waals surface area contributed by atoms with Gasteiger partial charge in [-0.15, -0.1) is 0 Å². The molecule has 2 aliphatic rings. The van der Waals surface area contributed by atoms with E-state index in [0.717, 1.165) is 30.2 Å². The van der Waals surface area contributed by atoms with Crippen molar-refractivity contribution in [3.8, 4) is 0 Å². The van der Waals surface area contributed by atoms with Gasteiger partial charge in [0.05, 0.1) is 0 Å². The van der Waals surface area contributed by atoms with E-state index in [-0.39, 0.29) is 11.8 Å². The minimum absolute atomic E-state index is 0.148. The molecule has 1 aromatic carbocycles. The van der Waals surface area contributed by atoms with Gasteiger partial charge in [0.1, 0.15) is 0 Å². The van der Waals surface area contributed by atoms with E-state index in [1.807, 2.05) is 0 Å². The first-order chi connectivity index (χ1) is 8.72. The number of carbonyl (C=O) groups is 1. The van der Waals surface area contributed by atoms with Crippen LogP contribution >= 0.6 is 15.9 Å². The predicted octanol–water partition coefficient (Wildman–Crippen LogP) is 3.22. The summed E-state index contributed by atoms with van der Waals surface area (Å²) in [7, 11) is 0. The first-order valence-electron chi connectivity index (χ1n) is 6.80. The normalized spacial score (nSPS) is 23.1. The molecule has 0 radical (unpaired) electrons. The summed E-state index contributed by atoms with van der Waals surface area (Å²) in [5, 5.41) is 3.22. The Morgan fingerprint density at radius 1 is 1.17 bits per heavy atom. The van der Waals surface area contributed by atoms with Crippen LogP contribution in [-0.2, 0) is 17.6 Å². The molecule has 3 heteroatoms. The van der Waals surface area contributed by atoms with Gasteiger partial charge in [0, 0.05) is 16.4 Å². The van der Waals surface area contributed by atoms with Crippen LogP contribution in [0.5, 0.6) is 0 Å². The molecule has 3 rings (SSSR count). The fourth-order valence-electron chi connectivity index (χ4n) is 3.16. The van der Waals surface area contributed by atoms with Gasteiger partial charge in [0.25, 0.3) is 0 Å². The van der Waals surface area contributed by atoms with E-state index in [9.17, 15) is 4.79 Å². The monoisotopic (exact) mass is 307 g/mol. The van der Waals surface area contributed by atoms with Crippen LogP contribution in [0.3, 0.4) is 0 Å². The Hall–Kier alpha value is -0.830. The van der Waals surface area contributed by atoms with Crippen molar-refractivity contribution in [1.82, 2.24) is 5.32 Å². The van der Waals surface area contributed by atoms with Crippen LogP contribution < -0.4 is 5.32 Å². The van der Waals surface area contributed by atoms with Crippen molar-refractivity contribution < 1.29 is 4.79 Å². The summed E-state index contributed by atoms with van der Waals surface area (Å²) < 4.78 is 1.11. The molecule has 1 saturated carbocycles. The standard InChI is InChI=1S/C15H18BrNO/c16-13-6-5-10-7-12(8-11(10)9-13)15(18)17-14-3-1-2-4-14/h5-6,9,12,14H,1-4,7-8H2,(H,17,18). The number of hydrogen-bond donors (Lipinski definition) is 1. The number of hydrogen-bond acceptors (Lipinski definition) is 1. The summed E-state index contributed by atoms with van der Waals surface area (Å²) in [5.41, 5.74) is 2.67. The molecule has 1 unspecified atom stereocenters. The van der Waals surface area contributed by atoms with E-state index < -0.39 is 0 Å². The maximum atomic E-state index is 12.2. The lowest BCUT2D eigenvalue weighted by Gasteiger charge is -2.15. The molecular formula is C15H18BrNO. The van der Waals surface area contributed by atoms with Gasteiger partial charge in [-0.05, 0) is 48.9 Å². The zero-order valence-electron chi connectivity index (χ0n) is 10.4. The minimum atomic E-state index is 0.148. The summed E-state index contributed by atoms with van der Waals surface area (Å²) in [6.45, 7) is 0. The predicted molar refractivity (Wildman–Crippen MR) is 75.4 cm³/mol. The zero-order chi connectivity index (χ0) is 12.5. The number of halogens is 1. The van der Waals surface area contributed by atoms with Crippen molar-refractivity contribution in [1.29, 1.82) is 0 Å². The van der Waals surface area contributed by atoms with Gasteiger partial charge in [-0.25, -0.2) is 0 Å². The lowest BCUT2D eigenvalue weighted by atomic mass is 10.0. The third kappa shape index (κ3) is 2.46. The van der Waals surface area contributed by atoms with Gasteiger partial charge in [0.2, 0.25) is 5.91 Å². The van der Waals surface area contributed by atoms with E-state index in [2.05, 4.69) is 39.4 Å². The molecule has 1 amide bonds. The Balaban J connectivity index is 1.64. The van der Waals surface area contributed by atoms with Crippen LogP contribution in [0.25, 0.3) is 0 Å². The van der Waals surface area contributed by atoms with Crippen LogP contribution in [0.15, 0.2) is 22.7 Å². The summed E-state index contributed by atoms with van der Waals surface area (Å²) in [5.74, 6) is 0.407. The van der Waals surface area contributed by atoms with E-state index in [4.69, 9.17) is 0 Å². The summed E-state index contributed by atoms with van der Waals surface area (Å²) in [6, 6.07) is 6.80. The van der Waals surface area contributed by atoms with E-state index in [0.29, 0.717) is 6.04 Å². The number of amides is 1. The number of fused-ring (bicyclic) bond motifs is 1. The third-order valence-corrected chi connectivity index (χ3v) is 4.67. The van der Waals surface area contributed by atoms with Gasteiger partial charge < -0.3 is 5.32 Å². The Bertz CT molecular complexity index is 466. The topological polar surface area (TPSA) is 29.1 Å². The molecule has 0 saturated heterocycles. The largest absolute Gasteiger partial charge is 0.353 e. The van der Waals surface area contributed by atoms with Crippen molar-refractivity contribution in [2.75, 3.05) is 0 Å². The van der Waals surface area contributed by atoms with Crippen LogP contribution in [0.2, 0.25) is 0 Å². The van der Waals surface area contributed by atoms with Crippen molar-refractivity contribution in [3.63, 3.8) is 0 Å². The first kappa shape index (κ1) is 12.2. The van der Waals surface area contributed by atoms with Crippen LogP contribution in [0, 0.1) is 5.92 Å². The molecule has 18 heavy (non-hydrogen) atoms. The van der Waals surface area contributed by atoms with Crippen molar-refractivity contribution in [2.45, 2.75) is 44.6 Å². The zero-order valence-corrected chi connectivity index (χ0v) is 12.0. The van der Waals surface area contributed by atoms with E-state index in [1.165, 1.54) is 24.0 Å². The maximum Gasteiger partial charge on any atom is 0.223 e. The number of nitrogens with one attached hydrogen (secondary N) is 1. The summed E-state index contributed by atoms with van der Waals surface area (Å²) in [4.78, 5) is 12.2. The quantitative estimate of drug-likeness (QED) is 0.893. The molecule has 0 heterocycles. The molecule has 0 spiro atoms. The molecular weight excluding hydrogens is 290 g/mol. The first-order valence-corrected chi connectivity index (χ1v) is 7.59. The highest BCUT2D eigenvalue weighted by Crippen LogP contribution is 2.29. The van der Waals surface area contributed by atoms with Gasteiger partial charge in [0.15, 0.2) is 0 Å². The molecule has 2 aliphatic carbocycles. The van der Waals surface area contributed by atoms with Gasteiger partial charge >= 0.3 is 0 Å². The molecule has 1 N–H and O–H groups in total. The second-order valence-corrected chi connectivity index (χ2v) is 6.42.